The number of aryl methyl sites for hydroxylation is 2. The summed E-state index contributed by atoms with van der Waals surface area (Å²) in [5, 5.41) is 18.4. The fourth-order valence-corrected chi connectivity index (χ4v) is 3.79. The normalized spacial score (nSPS) is 11.6. The van der Waals surface area contributed by atoms with Gasteiger partial charge in [-0.2, -0.15) is 0 Å². The summed E-state index contributed by atoms with van der Waals surface area (Å²) in [6, 6.07) is 9.29. The topological polar surface area (TPSA) is 140 Å². The number of benzene rings is 2. The first kappa shape index (κ1) is 21.5. The molecular weight excluding hydrogens is 408 g/mol. The minimum absolute atomic E-state index is 0.00384. The molecule has 1 amide bonds. The lowest BCUT2D eigenvalue weighted by Gasteiger charge is -2.10. The summed E-state index contributed by atoms with van der Waals surface area (Å²) in [6.07, 6.45) is 0.295. The molecule has 3 aromatic rings. The molecule has 0 bridgehead atoms. The Balaban J connectivity index is 1.68. The summed E-state index contributed by atoms with van der Waals surface area (Å²) in [4.78, 5) is 24.7. The highest BCUT2D eigenvalue weighted by atomic mass is 32.2. The van der Waals surface area contributed by atoms with E-state index in [2.05, 4.69) is 5.32 Å². The predicted molar refractivity (Wildman–Crippen MR) is 112 cm³/mol. The largest absolute Gasteiger partial charge is 0.507 e. The Hall–Kier alpha value is -3.17. The van der Waals surface area contributed by atoms with Crippen LogP contribution in [0.5, 0.6) is 5.75 Å². The molecule has 0 aliphatic carbocycles. The second-order valence-electron chi connectivity index (χ2n) is 7.12. The van der Waals surface area contributed by atoms with Crippen LogP contribution < -0.4 is 16.1 Å². The van der Waals surface area contributed by atoms with Crippen molar-refractivity contribution < 1.29 is 22.7 Å². The molecule has 30 heavy (non-hydrogen) atoms. The minimum Gasteiger partial charge on any atom is -0.507 e. The van der Waals surface area contributed by atoms with Gasteiger partial charge in [0.1, 0.15) is 11.3 Å². The fourth-order valence-electron chi connectivity index (χ4n) is 3.28. The fraction of sp³-hybridized carbons (Fsp3) is 0.238. The second kappa shape index (κ2) is 8.29. The molecule has 0 saturated heterocycles. The van der Waals surface area contributed by atoms with E-state index in [0.29, 0.717) is 23.9 Å². The highest BCUT2D eigenvalue weighted by molar-refractivity contribution is 7.89. The summed E-state index contributed by atoms with van der Waals surface area (Å²) in [5.74, 6) is -0.367. The van der Waals surface area contributed by atoms with Crippen molar-refractivity contribution in [3.63, 3.8) is 0 Å². The molecule has 3 rings (SSSR count). The van der Waals surface area contributed by atoms with E-state index in [0.717, 1.165) is 11.1 Å². The van der Waals surface area contributed by atoms with Gasteiger partial charge in [-0.25, -0.2) is 18.4 Å². The minimum atomic E-state index is -3.74. The number of nitrogens with two attached hydrogens (primary N) is 1. The average Bonchev–Trinajstić information content (AvgIpc) is 2.64. The zero-order chi connectivity index (χ0) is 22.1. The monoisotopic (exact) mass is 430 g/mol. The average molecular weight is 430 g/mol. The predicted octanol–water partition coefficient (Wildman–Crippen LogP) is 1.66. The third-order valence-electron chi connectivity index (χ3n) is 4.83. The van der Waals surface area contributed by atoms with Crippen LogP contribution in [0.3, 0.4) is 0 Å². The molecular formula is C21H22N2O6S. The number of hydrogen-bond acceptors (Lipinski definition) is 6. The molecule has 0 radical (unpaired) electrons. The van der Waals surface area contributed by atoms with Crippen molar-refractivity contribution in [1.82, 2.24) is 5.32 Å². The molecule has 1 aromatic heterocycles. The van der Waals surface area contributed by atoms with Gasteiger partial charge in [-0.1, -0.05) is 12.1 Å². The van der Waals surface area contributed by atoms with Gasteiger partial charge < -0.3 is 14.8 Å². The number of carbonyl (C=O) groups is 1. The van der Waals surface area contributed by atoms with Crippen LogP contribution in [-0.4, -0.2) is 26.0 Å². The molecule has 0 spiro atoms. The molecule has 0 unspecified atom stereocenters. The molecule has 8 nitrogen and oxygen atoms in total. The lowest BCUT2D eigenvalue weighted by molar-refractivity contribution is -0.120. The van der Waals surface area contributed by atoms with Crippen LogP contribution in [-0.2, 0) is 27.7 Å². The van der Waals surface area contributed by atoms with Crippen LogP contribution in [0.1, 0.15) is 22.3 Å². The number of phenols is 1. The number of sulfonamides is 1. The number of phenolic OH excluding ortho intramolecular Hbond substituents is 1. The van der Waals surface area contributed by atoms with E-state index in [1.165, 1.54) is 12.1 Å². The summed E-state index contributed by atoms with van der Waals surface area (Å²) in [6.45, 7) is 3.75. The van der Waals surface area contributed by atoms with Gasteiger partial charge in [0.05, 0.1) is 22.3 Å². The SMILES string of the molecule is Cc1cc(O)c2c(C)c(CC(=O)NCCc3ccc(S(N)(=O)=O)cc3)c(=O)oc2c1. The van der Waals surface area contributed by atoms with Crippen LogP contribution in [0.4, 0.5) is 0 Å². The van der Waals surface area contributed by atoms with Crippen LogP contribution in [0.2, 0.25) is 0 Å². The second-order valence-corrected chi connectivity index (χ2v) is 8.68. The van der Waals surface area contributed by atoms with Crippen LogP contribution in [0, 0.1) is 13.8 Å². The molecule has 2 aromatic carbocycles. The molecule has 0 saturated carbocycles. The summed E-state index contributed by atoms with van der Waals surface area (Å²) in [7, 11) is -3.74. The summed E-state index contributed by atoms with van der Waals surface area (Å²) in [5.41, 5.74) is 1.94. The first-order valence-electron chi connectivity index (χ1n) is 9.20. The molecule has 0 atom stereocenters. The number of nitrogens with one attached hydrogen (secondary N) is 1. The Labute approximate surface area is 173 Å². The van der Waals surface area contributed by atoms with Crippen LogP contribution in [0.25, 0.3) is 11.0 Å². The Morgan fingerprint density at radius 3 is 2.47 bits per heavy atom. The van der Waals surface area contributed by atoms with Crippen LogP contribution >= 0.6 is 0 Å². The lowest BCUT2D eigenvalue weighted by Crippen LogP contribution is -2.29. The number of primary sulfonamides is 1. The van der Waals surface area contributed by atoms with Crippen molar-refractivity contribution >= 4 is 26.9 Å². The maximum atomic E-state index is 12.3. The van der Waals surface area contributed by atoms with Crippen LogP contribution in [0.15, 0.2) is 50.5 Å². The van der Waals surface area contributed by atoms with E-state index >= 15 is 0 Å². The van der Waals surface area contributed by atoms with Gasteiger partial charge in [-0.05, 0) is 61.2 Å². The number of rotatable bonds is 6. The summed E-state index contributed by atoms with van der Waals surface area (Å²) >= 11 is 0. The standard InChI is InChI=1S/C21H22N2O6S/c1-12-9-17(24)20-13(2)16(21(26)29-18(20)10-12)11-19(25)23-8-7-14-3-5-15(6-4-14)30(22,27)28/h3-6,9-10,24H,7-8,11H2,1-2H3,(H,23,25)(H2,22,27,28). The van der Waals surface area contributed by atoms with Crippen molar-refractivity contribution in [2.24, 2.45) is 5.14 Å². The first-order chi connectivity index (χ1) is 14.1. The van der Waals surface area contributed by atoms with E-state index in [9.17, 15) is 23.1 Å². The zero-order valence-corrected chi connectivity index (χ0v) is 17.4. The van der Waals surface area contributed by atoms with Crippen molar-refractivity contribution in [3.05, 3.63) is 69.1 Å². The Morgan fingerprint density at radius 2 is 1.83 bits per heavy atom. The number of fused-ring (bicyclic) bond motifs is 1. The van der Waals surface area contributed by atoms with Gasteiger partial charge >= 0.3 is 5.63 Å². The Kier molecular flexibility index (Phi) is 5.95. The third-order valence-corrected chi connectivity index (χ3v) is 5.76. The van der Waals surface area contributed by atoms with Gasteiger partial charge in [0.2, 0.25) is 15.9 Å². The number of amides is 1. The molecule has 0 aliphatic heterocycles. The number of aromatic hydroxyl groups is 1. The molecule has 1 heterocycles. The summed E-state index contributed by atoms with van der Waals surface area (Å²) < 4.78 is 27.8. The van der Waals surface area contributed by atoms with Crippen molar-refractivity contribution in [1.29, 1.82) is 0 Å². The molecule has 9 heteroatoms. The molecule has 0 fully saturated rings. The van der Waals surface area contributed by atoms with Gasteiger partial charge in [0.15, 0.2) is 0 Å². The number of hydrogen-bond donors (Lipinski definition) is 3. The van der Waals surface area contributed by atoms with Gasteiger partial charge in [0, 0.05) is 6.54 Å². The van der Waals surface area contributed by atoms with Gasteiger partial charge in [-0.3, -0.25) is 4.79 Å². The van der Waals surface area contributed by atoms with Crippen molar-refractivity contribution in [3.8, 4) is 5.75 Å². The maximum absolute atomic E-state index is 12.3. The lowest BCUT2D eigenvalue weighted by atomic mass is 10.0. The molecule has 158 valence electrons. The maximum Gasteiger partial charge on any atom is 0.340 e. The van der Waals surface area contributed by atoms with Crippen molar-refractivity contribution in [2.45, 2.75) is 31.6 Å². The quantitative estimate of drug-likeness (QED) is 0.508. The Bertz CT molecular complexity index is 1280. The van der Waals surface area contributed by atoms with E-state index in [-0.39, 0.29) is 34.1 Å². The van der Waals surface area contributed by atoms with Gasteiger partial charge in [0.25, 0.3) is 0 Å². The van der Waals surface area contributed by atoms with E-state index < -0.39 is 15.6 Å². The molecule has 4 N–H and O–H groups in total. The van der Waals surface area contributed by atoms with Crippen molar-refractivity contribution in [2.75, 3.05) is 6.54 Å². The smallest absolute Gasteiger partial charge is 0.340 e. The van der Waals surface area contributed by atoms with E-state index in [4.69, 9.17) is 9.56 Å². The zero-order valence-electron chi connectivity index (χ0n) is 16.6. The molecule has 0 aliphatic rings. The highest BCUT2D eigenvalue weighted by Gasteiger charge is 2.17. The third kappa shape index (κ3) is 4.69. The first-order valence-corrected chi connectivity index (χ1v) is 10.7. The van der Waals surface area contributed by atoms with E-state index in [1.807, 2.05) is 0 Å². The number of carbonyl (C=O) groups excluding carboxylic acids is 1. The van der Waals surface area contributed by atoms with E-state index in [1.54, 1.807) is 38.1 Å². The van der Waals surface area contributed by atoms with Gasteiger partial charge in [-0.15, -0.1) is 0 Å². The highest BCUT2D eigenvalue weighted by Crippen LogP contribution is 2.29. The Morgan fingerprint density at radius 1 is 1.17 bits per heavy atom.